The molecule has 0 aromatic heterocycles. The van der Waals surface area contributed by atoms with E-state index in [1.165, 1.54) is 25.2 Å². The summed E-state index contributed by atoms with van der Waals surface area (Å²) in [5.74, 6) is -1.37. The largest absolute Gasteiger partial charge is 0.430 e. The Morgan fingerprint density at radius 1 is 1.31 bits per heavy atom. The maximum Gasteiger partial charge on any atom is 0.430 e. The Bertz CT molecular complexity index is 458. The van der Waals surface area contributed by atoms with E-state index >= 15 is 0 Å². The van der Waals surface area contributed by atoms with Crippen LogP contribution in [0.1, 0.15) is 5.56 Å². The predicted octanol–water partition coefficient (Wildman–Crippen LogP) is 1.41. The minimum absolute atomic E-state index is 0.0762. The second kappa shape index (κ2) is 2.98. The highest BCUT2D eigenvalue weighted by atomic mass is 19.4. The second-order valence-electron chi connectivity index (χ2n) is 3.59. The monoisotopic (exact) mass is 231 g/mol. The van der Waals surface area contributed by atoms with Crippen LogP contribution in [0.2, 0.25) is 0 Å². The molecule has 86 valence electrons. The number of likely N-dealkylation sites (N-methyl/N-ethyl adjacent to an activating group) is 1. The molecule has 0 saturated carbocycles. The molecule has 1 atom stereocenters. The van der Waals surface area contributed by atoms with Gasteiger partial charge in [0.25, 0.3) is 11.5 Å². The first kappa shape index (κ1) is 10.9. The molecule has 0 unspecified atom stereocenters. The van der Waals surface area contributed by atoms with Crippen LogP contribution in [0.4, 0.5) is 18.9 Å². The van der Waals surface area contributed by atoms with Gasteiger partial charge in [-0.3, -0.25) is 4.79 Å². The number of hydrogen-bond acceptors (Lipinski definition) is 2. The first-order valence-electron chi connectivity index (χ1n) is 4.47. The number of carbonyl (C=O) groups excluding carboxylic acids is 1. The number of anilines is 1. The van der Waals surface area contributed by atoms with Gasteiger partial charge in [0.1, 0.15) is 0 Å². The molecule has 1 aliphatic rings. The van der Waals surface area contributed by atoms with E-state index in [9.17, 15) is 23.1 Å². The van der Waals surface area contributed by atoms with E-state index in [1.54, 1.807) is 0 Å². The van der Waals surface area contributed by atoms with E-state index in [1.807, 2.05) is 0 Å². The summed E-state index contributed by atoms with van der Waals surface area (Å²) in [5, 5.41) is 9.60. The number of carbonyl (C=O) groups is 1. The molecule has 0 bridgehead atoms. The van der Waals surface area contributed by atoms with Crippen molar-refractivity contribution in [3.05, 3.63) is 29.8 Å². The molecule has 1 amide bonds. The third-order valence-corrected chi connectivity index (χ3v) is 2.68. The van der Waals surface area contributed by atoms with Gasteiger partial charge in [0.05, 0.1) is 5.69 Å². The van der Waals surface area contributed by atoms with Crippen LogP contribution in [0, 0.1) is 0 Å². The Kier molecular flexibility index (Phi) is 2.03. The summed E-state index contributed by atoms with van der Waals surface area (Å²) in [6.07, 6.45) is -5.02. The topological polar surface area (TPSA) is 40.5 Å². The minimum Gasteiger partial charge on any atom is -0.368 e. The number of fused-ring (bicyclic) bond motifs is 1. The lowest BCUT2D eigenvalue weighted by Crippen LogP contribution is -2.49. The molecule has 0 spiro atoms. The van der Waals surface area contributed by atoms with Crippen molar-refractivity contribution < 1.29 is 23.1 Å². The smallest absolute Gasteiger partial charge is 0.368 e. The van der Waals surface area contributed by atoms with E-state index in [0.29, 0.717) is 0 Å². The minimum atomic E-state index is -5.02. The molecule has 0 fully saturated rings. The van der Waals surface area contributed by atoms with Crippen LogP contribution < -0.4 is 4.90 Å². The maximum absolute atomic E-state index is 12.7. The molecule has 16 heavy (non-hydrogen) atoms. The van der Waals surface area contributed by atoms with Crippen molar-refractivity contribution in [2.75, 3.05) is 11.9 Å². The van der Waals surface area contributed by atoms with Crippen LogP contribution in [-0.4, -0.2) is 24.2 Å². The van der Waals surface area contributed by atoms with Gasteiger partial charge in [-0.2, -0.15) is 13.2 Å². The van der Waals surface area contributed by atoms with Crippen molar-refractivity contribution in [2.45, 2.75) is 11.8 Å². The molecular formula is C10H8F3NO2. The predicted molar refractivity (Wildman–Crippen MR) is 49.8 cm³/mol. The summed E-state index contributed by atoms with van der Waals surface area (Å²) in [6.45, 7) is 0. The molecule has 3 nitrogen and oxygen atoms in total. The standard InChI is InChI=1S/C10H8F3NO2/c1-14-7-5-3-2-4-6(7)9(16,8(14)15)10(11,12)13/h2-5,16H,1H3/t9-/m0/s1. The molecule has 1 N–H and O–H groups in total. The van der Waals surface area contributed by atoms with Gasteiger partial charge in [0.2, 0.25) is 0 Å². The second-order valence-corrected chi connectivity index (χ2v) is 3.59. The lowest BCUT2D eigenvalue weighted by molar-refractivity contribution is -0.253. The van der Waals surface area contributed by atoms with E-state index in [-0.39, 0.29) is 5.69 Å². The van der Waals surface area contributed by atoms with Gasteiger partial charge in [-0.15, -0.1) is 0 Å². The fraction of sp³-hybridized carbons (Fsp3) is 0.300. The van der Waals surface area contributed by atoms with Crippen molar-refractivity contribution in [1.82, 2.24) is 0 Å². The normalized spacial score (nSPS) is 24.8. The average molecular weight is 231 g/mol. The van der Waals surface area contributed by atoms with Crippen LogP contribution >= 0.6 is 0 Å². The summed E-state index contributed by atoms with van der Waals surface area (Å²) in [4.78, 5) is 12.3. The summed E-state index contributed by atoms with van der Waals surface area (Å²) in [7, 11) is 1.20. The first-order valence-corrected chi connectivity index (χ1v) is 4.47. The highest BCUT2D eigenvalue weighted by Gasteiger charge is 2.65. The van der Waals surface area contributed by atoms with Gasteiger partial charge in [0.15, 0.2) is 0 Å². The van der Waals surface area contributed by atoms with E-state index < -0.39 is 23.2 Å². The fourth-order valence-corrected chi connectivity index (χ4v) is 1.81. The molecule has 1 aromatic carbocycles. The van der Waals surface area contributed by atoms with Crippen LogP contribution in [0.3, 0.4) is 0 Å². The van der Waals surface area contributed by atoms with Gasteiger partial charge < -0.3 is 10.0 Å². The van der Waals surface area contributed by atoms with Gasteiger partial charge in [-0.05, 0) is 6.07 Å². The molecule has 0 aliphatic carbocycles. The van der Waals surface area contributed by atoms with Crippen LogP contribution in [0.25, 0.3) is 0 Å². The van der Waals surface area contributed by atoms with E-state index in [4.69, 9.17) is 0 Å². The maximum atomic E-state index is 12.7. The number of benzene rings is 1. The molecule has 1 aromatic rings. The third-order valence-electron chi connectivity index (χ3n) is 2.68. The Labute approximate surface area is 89.1 Å². The van der Waals surface area contributed by atoms with Gasteiger partial charge in [0, 0.05) is 12.6 Å². The SMILES string of the molecule is CN1C(=O)[C@](O)(C(F)(F)F)c2ccccc21. The van der Waals surface area contributed by atoms with Crippen molar-refractivity contribution in [3.63, 3.8) is 0 Å². The molecule has 2 rings (SSSR count). The van der Waals surface area contributed by atoms with Crippen LogP contribution in [-0.2, 0) is 10.4 Å². The number of para-hydroxylation sites is 1. The highest BCUT2D eigenvalue weighted by Crippen LogP contribution is 2.48. The summed E-state index contributed by atoms with van der Waals surface area (Å²) in [6, 6.07) is 5.31. The Morgan fingerprint density at radius 3 is 2.44 bits per heavy atom. The molecule has 0 saturated heterocycles. The van der Waals surface area contributed by atoms with E-state index in [0.717, 1.165) is 11.0 Å². The quantitative estimate of drug-likeness (QED) is 0.733. The lowest BCUT2D eigenvalue weighted by atomic mass is 9.95. The van der Waals surface area contributed by atoms with Crippen molar-refractivity contribution in [1.29, 1.82) is 0 Å². The number of alkyl halides is 3. The molecular weight excluding hydrogens is 223 g/mol. The summed E-state index contributed by atoms with van der Waals surface area (Å²) in [5.41, 5.74) is -3.76. The third kappa shape index (κ3) is 1.10. The van der Waals surface area contributed by atoms with Crippen molar-refractivity contribution in [3.8, 4) is 0 Å². The summed E-state index contributed by atoms with van der Waals surface area (Å²) >= 11 is 0. The summed E-state index contributed by atoms with van der Waals surface area (Å²) < 4.78 is 38.2. The van der Waals surface area contributed by atoms with E-state index in [2.05, 4.69) is 0 Å². The highest BCUT2D eigenvalue weighted by molar-refractivity contribution is 6.07. The zero-order chi connectivity index (χ0) is 12.1. The van der Waals surface area contributed by atoms with Crippen molar-refractivity contribution >= 4 is 11.6 Å². The molecule has 0 radical (unpaired) electrons. The van der Waals surface area contributed by atoms with Crippen LogP contribution in [0.5, 0.6) is 0 Å². The lowest BCUT2D eigenvalue weighted by Gasteiger charge is -2.24. The Balaban J connectivity index is 2.71. The number of rotatable bonds is 0. The number of nitrogens with zero attached hydrogens (tertiary/aromatic N) is 1. The number of halogens is 3. The Hall–Kier alpha value is -1.56. The Morgan fingerprint density at radius 2 is 1.88 bits per heavy atom. The van der Waals surface area contributed by atoms with Gasteiger partial charge in [-0.25, -0.2) is 0 Å². The molecule has 1 heterocycles. The molecule has 1 aliphatic heterocycles. The van der Waals surface area contributed by atoms with Gasteiger partial charge >= 0.3 is 6.18 Å². The van der Waals surface area contributed by atoms with Gasteiger partial charge in [-0.1, -0.05) is 18.2 Å². The zero-order valence-corrected chi connectivity index (χ0v) is 8.25. The molecule has 6 heteroatoms. The number of hydrogen-bond donors (Lipinski definition) is 1. The zero-order valence-electron chi connectivity index (χ0n) is 8.25. The number of aliphatic hydroxyl groups is 1. The van der Waals surface area contributed by atoms with Crippen molar-refractivity contribution in [2.24, 2.45) is 0 Å². The first-order chi connectivity index (χ1) is 7.30. The fourth-order valence-electron chi connectivity index (χ4n) is 1.81. The van der Waals surface area contributed by atoms with Crippen LogP contribution in [0.15, 0.2) is 24.3 Å². The average Bonchev–Trinajstić information content (AvgIpc) is 2.42. The number of amides is 1.